The molecule has 0 radical (unpaired) electrons. The molecule has 0 bridgehead atoms. The molecule has 13 atom stereocenters. The summed E-state index contributed by atoms with van der Waals surface area (Å²) in [5, 5.41) is 11.3. The zero-order valence-corrected chi connectivity index (χ0v) is 55.2. The molecule has 8 fully saturated rings. The summed E-state index contributed by atoms with van der Waals surface area (Å²) in [6.07, 6.45) is 43.9. The van der Waals surface area contributed by atoms with Crippen molar-refractivity contribution < 1.29 is 21.6 Å². The Morgan fingerprint density at radius 2 is 0.974 bits per heavy atom. The van der Waals surface area contributed by atoms with Crippen LogP contribution in [0.4, 0.5) is 0 Å². The Morgan fingerprint density at radius 3 is 1.39 bits per heavy atom. The standard InChI is InChI=1S/C34H56O2Si.C34H56OSi.O2Se/c1-23(26-14-15-26)12-13-24(2)30-18-19-31-27(11-10-20-34(30,31)7)16-17-28-21-29(22-32(35)25(28)3)36-37(8,9)33(4,5)6;1-24(27-15-16-27)12-13-26(3)31-20-21-32-28(11-10-22-34(31,32)7)17-18-29-23-30(19-14-25(29)2)35-36(8,9)33(4,5)6;1-3-2/h12-13,16-17,23-24,26,29-32,35H,3,10-11,14-15,18-22H2,1-2,4-9H3;12-13,17-18,24,26-27,30-32H,2,10-11,14-16,19-23H2,1,3-9H3;/b13-12+,27-16+,28-17+;13-12+,28-17+,29-18+;/t23-,24+,29-,30-,31+,32+,34-;24-,26+,30+,31-,32+,34-;/m11./s1. The van der Waals surface area contributed by atoms with E-state index in [-0.39, 0.29) is 16.2 Å². The van der Waals surface area contributed by atoms with Crippen LogP contribution < -0.4 is 0 Å². The van der Waals surface area contributed by atoms with Gasteiger partial charge in [0, 0.05) is 12.5 Å². The molecule has 0 aromatic rings. The van der Waals surface area contributed by atoms with Crippen LogP contribution in [0, 0.1) is 70.0 Å². The van der Waals surface area contributed by atoms with Gasteiger partial charge in [-0.1, -0.05) is 162 Å². The van der Waals surface area contributed by atoms with E-state index in [9.17, 15) is 5.11 Å². The van der Waals surface area contributed by atoms with Crippen molar-refractivity contribution in [2.75, 3.05) is 0 Å². The van der Waals surface area contributed by atoms with E-state index in [1.165, 1.54) is 107 Å². The van der Waals surface area contributed by atoms with Gasteiger partial charge in [-0.2, -0.15) is 0 Å². The number of hydrogen-bond donors (Lipinski definition) is 1. The van der Waals surface area contributed by atoms with Gasteiger partial charge in [-0.15, -0.1) is 0 Å². The van der Waals surface area contributed by atoms with E-state index in [2.05, 4.69) is 171 Å². The third kappa shape index (κ3) is 15.7. The zero-order valence-electron chi connectivity index (χ0n) is 51.5. The van der Waals surface area contributed by atoms with Crippen molar-refractivity contribution in [2.45, 2.75) is 260 Å². The molecule has 0 amide bonds. The van der Waals surface area contributed by atoms with Gasteiger partial charge < -0.3 is 14.0 Å². The predicted octanol–water partition coefficient (Wildman–Crippen LogP) is 19.2. The molecule has 0 aliphatic heterocycles. The van der Waals surface area contributed by atoms with Crippen LogP contribution in [-0.4, -0.2) is 54.9 Å². The Morgan fingerprint density at radius 1 is 0.579 bits per heavy atom. The Hall–Kier alpha value is -1.65. The molecule has 0 heterocycles. The summed E-state index contributed by atoms with van der Waals surface area (Å²) in [6.45, 7) is 47.1. The number of hydrogen-bond acceptors (Lipinski definition) is 5. The molecule has 8 heteroatoms. The van der Waals surface area contributed by atoms with Crippen molar-refractivity contribution in [3.05, 3.63) is 95.2 Å². The minimum atomic E-state index is -1.88. The maximum absolute atomic E-state index is 10.8. The van der Waals surface area contributed by atoms with Crippen molar-refractivity contribution in [2.24, 2.45) is 70.0 Å². The fourth-order valence-corrected chi connectivity index (χ4v) is 17.8. The third-order valence-electron chi connectivity index (χ3n) is 22.5. The summed E-state index contributed by atoms with van der Waals surface area (Å²) in [5.74, 6) is 7.89. The first-order valence-electron chi connectivity index (χ1n) is 30.9. The van der Waals surface area contributed by atoms with Gasteiger partial charge in [-0.05, 0) is 239 Å². The summed E-state index contributed by atoms with van der Waals surface area (Å²) in [5.41, 5.74) is 9.12. The summed E-state index contributed by atoms with van der Waals surface area (Å²) in [7, 11) is -3.62. The van der Waals surface area contributed by atoms with Crippen LogP contribution >= 0.6 is 0 Å². The molecule has 1 N–H and O–H groups in total. The molecule has 76 heavy (non-hydrogen) atoms. The summed E-state index contributed by atoms with van der Waals surface area (Å²) >= 11 is -1.62. The molecule has 0 aromatic heterocycles. The molecule has 0 unspecified atom stereocenters. The van der Waals surface area contributed by atoms with E-state index in [0.717, 1.165) is 72.7 Å². The van der Waals surface area contributed by atoms with Crippen molar-refractivity contribution in [3.8, 4) is 0 Å². The molecular formula is C68H112O5SeSi2. The van der Waals surface area contributed by atoms with Gasteiger partial charge in [0.2, 0.25) is 0 Å². The summed E-state index contributed by atoms with van der Waals surface area (Å²) < 4.78 is 30.4. The second kappa shape index (κ2) is 26.1. The average molecular weight is 1140 g/mol. The SMILES string of the molecule is C=C1/C(=C/C=C2\CCC[C@]3(C)[C@@H]([C@@H](C)/C=C/[C@@H](C)C4CC4)CC[C@@H]23)C[C@@H](O[Si](C)(C)C(C)(C)C)C[C@@H]1O.C=C1CC[C@H](O[Si](C)(C)C(C)(C)C)C/C1=C\C=C1/CCC[C@]2(C)[C@@H]([C@@H](C)/C=C/[C@@H](C)C3CC3)CC[C@@H]12.O=[Se]=O. The second-order valence-electron chi connectivity index (χ2n) is 29.8. The van der Waals surface area contributed by atoms with Crippen LogP contribution in [0.15, 0.2) is 95.2 Å². The van der Waals surface area contributed by atoms with Crippen LogP contribution in [-0.2, 0) is 16.5 Å². The van der Waals surface area contributed by atoms with Gasteiger partial charge in [0.1, 0.15) is 0 Å². The zero-order chi connectivity index (χ0) is 56.2. The maximum atomic E-state index is 10.8. The van der Waals surface area contributed by atoms with Crippen molar-refractivity contribution in [1.29, 1.82) is 0 Å². The Kier molecular flexibility index (Phi) is 21.8. The first kappa shape index (κ1) is 63.5. The molecule has 8 saturated carbocycles. The normalized spacial score (nSPS) is 35.4. The van der Waals surface area contributed by atoms with Gasteiger partial charge in [0.15, 0.2) is 16.6 Å². The van der Waals surface area contributed by atoms with Crippen LogP contribution in [0.1, 0.15) is 205 Å². The molecule has 8 aliphatic rings. The van der Waals surface area contributed by atoms with Crippen molar-refractivity contribution >= 4 is 31.5 Å². The Labute approximate surface area is 475 Å². The van der Waals surface area contributed by atoms with Gasteiger partial charge in [-0.3, -0.25) is 0 Å². The van der Waals surface area contributed by atoms with E-state index in [1.807, 2.05) is 0 Å². The van der Waals surface area contributed by atoms with Crippen LogP contribution in [0.2, 0.25) is 36.3 Å². The van der Waals surface area contributed by atoms with Gasteiger partial charge in [0.25, 0.3) is 0 Å². The second-order valence-corrected chi connectivity index (χ2v) is 39.6. The van der Waals surface area contributed by atoms with E-state index >= 15 is 0 Å². The third-order valence-corrected chi connectivity index (χ3v) is 31.5. The van der Waals surface area contributed by atoms with E-state index < -0.39 is 37.6 Å². The average Bonchev–Trinajstić information content (AvgIpc) is 4.28. The summed E-state index contributed by atoms with van der Waals surface area (Å²) in [6, 6.07) is 0. The van der Waals surface area contributed by atoms with Gasteiger partial charge in [-0.25, -0.2) is 0 Å². The number of allylic oxidation sites excluding steroid dienone is 11. The molecule has 428 valence electrons. The molecular weight excluding hydrogens is 1030 g/mol. The molecule has 0 aromatic carbocycles. The van der Waals surface area contributed by atoms with Crippen LogP contribution in [0.5, 0.6) is 0 Å². The van der Waals surface area contributed by atoms with Crippen molar-refractivity contribution in [1.82, 2.24) is 0 Å². The molecule has 0 spiro atoms. The molecule has 0 saturated heterocycles. The number of fused-ring (bicyclic) bond motifs is 2. The van der Waals surface area contributed by atoms with Crippen LogP contribution in [0.25, 0.3) is 0 Å². The van der Waals surface area contributed by atoms with E-state index in [0.29, 0.717) is 41.1 Å². The fraction of sp³-hybridized carbons (Fsp3) is 0.765. The number of rotatable bonds is 14. The predicted molar refractivity (Wildman–Crippen MR) is 328 cm³/mol. The Balaban J connectivity index is 0.000000235. The van der Waals surface area contributed by atoms with E-state index in [4.69, 9.17) is 16.5 Å². The van der Waals surface area contributed by atoms with Crippen LogP contribution in [0.3, 0.4) is 0 Å². The first-order valence-corrected chi connectivity index (χ1v) is 38.2. The van der Waals surface area contributed by atoms with Gasteiger partial charge >= 0.3 is 22.5 Å². The number of aliphatic hydroxyl groups excluding tert-OH is 1. The van der Waals surface area contributed by atoms with Gasteiger partial charge in [0.05, 0.1) is 12.2 Å². The minimum absolute atomic E-state index is 0.0872. The Bertz CT molecular complexity index is 2240. The first-order chi connectivity index (χ1) is 35.5. The fourth-order valence-electron chi connectivity index (χ4n) is 15.0. The van der Waals surface area contributed by atoms with Crippen molar-refractivity contribution in [3.63, 3.8) is 0 Å². The molecule has 8 rings (SSSR count). The molecule has 8 aliphatic carbocycles. The topological polar surface area (TPSA) is 72.8 Å². The molecule has 5 nitrogen and oxygen atoms in total. The monoisotopic (exact) mass is 1140 g/mol. The van der Waals surface area contributed by atoms with E-state index in [1.54, 1.807) is 11.1 Å². The quantitative estimate of drug-likeness (QED) is 0.139. The summed E-state index contributed by atoms with van der Waals surface area (Å²) in [4.78, 5) is 0. The number of aliphatic hydroxyl groups is 1.